The van der Waals surface area contributed by atoms with Crippen LogP contribution < -0.4 is 15.5 Å². The second-order valence-corrected chi connectivity index (χ2v) is 9.29. The summed E-state index contributed by atoms with van der Waals surface area (Å²) in [5.74, 6) is 0.480. The Morgan fingerprint density at radius 3 is 2.56 bits per heavy atom. The van der Waals surface area contributed by atoms with Crippen molar-refractivity contribution < 1.29 is 13.9 Å². The first-order chi connectivity index (χ1) is 15.1. The van der Waals surface area contributed by atoms with Crippen molar-refractivity contribution in [2.24, 2.45) is 0 Å². The SMILES string of the molecule is CNc1nc(N2CCC(NC(=O)OC(C)(C)C)CC2)nc(-c2ccc(C#N)c(F)c2)c1Br. The zero-order valence-corrected chi connectivity index (χ0v) is 20.1. The number of nitrogens with zero attached hydrogens (tertiary/aromatic N) is 4. The largest absolute Gasteiger partial charge is 0.444 e. The van der Waals surface area contributed by atoms with E-state index in [1.807, 2.05) is 31.7 Å². The van der Waals surface area contributed by atoms with E-state index in [1.165, 1.54) is 12.1 Å². The molecule has 170 valence electrons. The minimum absolute atomic E-state index is 0.00686. The van der Waals surface area contributed by atoms with Gasteiger partial charge in [-0.25, -0.2) is 14.2 Å². The van der Waals surface area contributed by atoms with Gasteiger partial charge < -0.3 is 20.3 Å². The second kappa shape index (κ2) is 9.69. The van der Waals surface area contributed by atoms with Crippen LogP contribution in [0.5, 0.6) is 0 Å². The Morgan fingerprint density at radius 2 is 2.00 bits per heavy atom. The summed E-state index contributed by atoms with van der Waals surface area (Å²) >= 11 is 3.50. The van der Waals surface area contributed by atoms with Crippen LogP contribution in [0.4, 0.5) is 21.0 Å². The van der Waals surface area contributed by atoms with Gasteiger partial charge in [0.1, 0.15) is 23.3 Å². The fourth-order valence-corrected chi connectivity index (χ4v) is 3.99. The molecule has 1 aliphatic rings. The first kappa shape index (κ1) is 23.7. The van der Waals surface area contributed by atoms with Gasteiger partial charge in [-0.1, -0.05) is 6.07 Å². The topological polar surface area (TPSA) is 103 Å². The summed E-state index contributed by atoms with van der Waals surface area (Å²) in [6.45, 7) is 6.78. The average molecular weight is 505 g/mol. The van der Waals surface area contributed by atoms with E-state index in [0.717, 1.165) is 0 Å². The van der Waals surface area contributed by atoms with E-state index in [2.05, 4.69) is 36.5 Å². The van der Waals surface area contributed by atoms with Crippen molar-refractivity contribution in [1.82, 2.24) is 15.3 Å². The molecule has 2 heterocycles. The minimum Gasteiger partial charge on any atom is -0.444 e. The Morgan fingerprint density at radius 1 is 1.31 bits per heavy atom. The number of aromatic nitrogens is 2. The number of anilines is 2. The van der Waals surface area contributed by atoms with Gasteiger partial charge in [0.2, 0.25) is 5.95 Å². The lowest BCUT2D eigenvalue weighted by molar-refractivity contribution is 0.0497. The third-order valence-corrected chi connectivity index (χ3v) is 5.69. The monoisotopic (exact) mass is 504 g/mol. The Labute approximate surface area is 195 Å². The van der Waals surface area contributed by atoms with E-state index < -0.39 is 17.5 Å². The molecule has 32 heavy (non-hydrogen) atoms. The van der Waals surface area contributed by atoms with Gasteiger partial charge in [0.05, 0.1) is 15.7 Å². The summed E-state index contributed by atoms with van der Waals surface area (Å²) in [5, 5.41) is 14.9. The highest BCUT2D eigenvalue weighted by Crippen LogP contribution is 2.34. The normalized spacial score (nSPS) is 14.6. The predicted octanol–water partition coefficient (Wildman–Crippen LogP) is 4.45. The summed E-state index contributed by atoms with van der Waals surface area (Å²) < 4.78 is 20.1. The molecule has 2 aromatic rings. The molecule has 1 fully saturated rings. The average Bonchev–Trinajstić information content (AvgIpc) is 2.73. The number of hydrogen-bond acceptors (Lipinski definition) is 7. The second-order valence-electron chi connectivity index (χ2n) is 8.50. The molecule has 0 spiro atoms. The molecule has 1 aliphatic heterocycles. The van der Waals surface area contributed by atoms with E-state index in [0.29, 0.717) is 53.4 Å². The molecule has 0 saturated carbocycles. The summed E-state index contributed by atoms with van der Waals surface area (Å²) in [7, 11) is 1.75. The predicted molar refractivity (Wildman–Crippen MR) is 124 cm³/mol. The van der Waals surface area contributed by atoms with Crippen molar-refractivity contribution in [3.8, 4) is 17.3 Å². The highest BCUT2D eigenvalue weighted by Gasteiger charge is 2.26. The molecule has 10 heteroatoms. The highest BCUT2D eigenvalue weighted by molar-refractivity contribution is 9.10. The number of piperidine rings is 1. The summed E-state index contributed by atoms with van der Waals surface area (Å²) in [6.07, 6.45) is 1.02. The Balaban J connectivity index is 1.78. The first-order valence-corrected chi connectivity index (χ1v) is 11.1. The smallest absolute Gasteiger partial charge is 0.407 e. The lowest BCUT2D eigenvalue weighted by atomic mass is 10.1. The van der Waals surface area contributed by atoms with Gasteiger partial charge in [-0.2, -0.15) is 10.2 Å². The number of benzene rings is 1. The maximum Gasteiger partial charge on any atom is 0.407 e. The van der Waals surface area contributed by atoms with Crippen molar-refractivity contribution in [3.63, 3.8) is 0 Å². The molecule has 0 radical (unpaired) electrons. The van der Waals surface area contributed by atoms with E-state index in [1.54, 1.807) is 13.1 Å². The molecule has 0 aliphatic carbocycles. The van der Waals surface area contributed by atoms with Gasteiger partial charge in [0.15, 0.2) is 0 Å². The van der Waals surface area contributed by atoms with Gasteiger partial charge in [-0.3, -0.25) is 0 Å². The Kier molecular flexibility index (Phi) is 7.19. The molecular weight excluding hydrogens is 479 g/mol. The minimum atomic E-state index is -0.600. The molecule has 3 rings (SSSR count). The lowest BCUT2D eigenvalue weighted by Crippen LogP contribution is -2.46. The van der Waals surface area contributed by atoms with E-state index in [9.17, 15) is 9.18 Å². The fourth-order valence-electron chi connectivity index (χ4n) is 3.38. The van der Waals surface area contributed by atoms with Crippen molar-refractivity contribution >= 4 is 33.8 Å². The highest BCUT2D eigenvalue weighted by atomic mass is 79.9. The van der Waals surface area contributed by atoms with Crippen LogP contribution in [-0.2, 0) is 4.74 Å². The number of nitrogens with one attached hydrogen (secondary N) is 2. The third kappa shape index (κ3) is 5.65. The maximum absolute atomic E-state index is 14.2. The van der Waals surface area contributed by atoms with Gasteiger partial charge in [-0.15, -0.1) is 0 Å². The molecule has 0 atom stereocenters. The number of ether oxygens (including phenoxy) is 1. The van der Waals surface area contributed by atoms with Crippen molar-refractivity contribution in [1.29, 1.82) is 5.26 Å². The number of rotatable bonds is 4. The molecule has 0 unspecified atom stereocenters. The molecule has 1 saturated heterocycles. The summed E-state index contributed by atoms with van der Waals surface area (Å²) in [5.41, 5.74) is 0.500. The van der Waals surface area contributed by atoms with Crippen LogP contribution in [-0.4, -0.2) is 47.8 Å². The number of hydrogen-bond donors (Lipinski definition) is 2. The fraction of sp³-hybridized carbons (Fsp3) is 0.455. The molecule has 1 aromatic carbocycles. The van der Waals surface area contributed by atoms with Crippen LogP contribution in [0.15, 0.2) is 22.7 Å². The zero-order chi connectivity index (χ0) is 23.5. The number of halogens is 2. The molecule has 0 bridgehead atoms. The number of amides is 1. The molecule has 1 amide bonds. The third-order valence-electron chi connectivity index (χ3n) is 4.94. The maximum atomic E-state index is 14.2. The first-order valence-electron chi connectivity index (χ1n) is 10.3. The number of carbonyl (C=O) groups excluding carboxylic acids is 1. The molecular formula is C22H26BrFN6O2. The summed E-state index contributed by atoms with van der Waals surface area (Å²) in [6, 6.07) is 6.23. The van der Waals surface area contributed by atoms with Crippen LogP contribution >= 0.6 is 15.9 Å². The number of carbonyl (C=O) groups is 1. The molecule has 1 aromatic heterocycles. The molecule has 2 N–H and O–H groups in total. The van der Waals surface area contributed by atoms with Gasteiger partial charge in [-0.05, 0) is 61.7 Å². The Bertz CT molecular complexity index is 1040. The quantitative estimate of drug-likeness (QED) is 0.633. The lowest BCUT2D eigenvalue weighted by Gasteiger charge is -2.33. The van der Waals surface area contributed by atoms with Crippen molar-refractivity contribution in [3.05, 3.63) is 34.1 Å². The van der Waals surface area contributed by atoms with Gasteiger partial charge in [0.25, 0.3) is 0 Å². The van der Waals surface area contributed by atoms with Crippen LogP contribution in [0.1, 0.15) is 39.2 Å². The Hall–Kier alpha value is -2.93. The molecule has 8 nitrogen and oxygen atoms in total. The number of alkyl carbamates (subject to hydrolysis) is 1. The van der Waals surface area contributed by atoms with Gasteiger partial charge in [0, 0.05) is 31.7 Å². The van der Waals surface area contributed by atoms with Crippen molar-refractivity contribution in [2.75, 3.05) is 30.4 Å². The van der Waals surface area contributed by atoms with Crippen molar-refractivity contribution in [2.45, 2.75) is 45.3 Å². The summed E-state index contributed by atoms with van der Waals surface area (Å²) in [4.78, 5) is 23.3. The van der Waals surface area contributed by atoms with E-state index in [-0.39, 0.29) is 11.6 Å². The standard InChI is InChI=1S/C22H26BrFN6O2/c1-22(2,3)32-21(31)27-15-7-9-30(10-8-15)20-28-18(17(23)19(26-4)29-20)13-5-6-14(12-25)16(24)11-13/h5-6,11,15H,7-10H2,1-4H3,(H,27,31)(H,26,28,29). The van der Waals surface area contributed by atoms with E-state index in [4.69, 9.17) is 10.00 Å². The van der Waals surface area contributed by atoms with Crippen LogP contribution in [0.25, 0.3) is 11.3 Å². The number of nitriles is 1. The van der Waals surface area contributed by atoms with Crippen LogP contribution in [0, 0.1) is 17.1 Å². The zero-order valence-electron chi connectivity index (χ0n) is 18.5. The van der Waals surface area contributed by atoms with Gasteiger partial charge >= 0.3 is 6.09 Å². The van der Waals surface area contributed by atoms with Crippen LogP contribution in [0.2, 0.25) is 0 Å². The van der Waals surface area contributed by atoms with Crippen LogP contribution in [0.3, 0.4) is 0 Å². The van der Waals surface area contributed by atoms with E-state index >= 15 is 0 Å².